The number of nitrogens with zero attached hydrogens (tertiary/aromatic N) is 2. The minimum Gasteiger partial charge on any atom is -0.355 e. The molecule has 202 valence electrons. The smallest absolute Gasteiger partial charge is 0.264 e. The fourth-order valence-corrected chi connectivity index (χ4v) is 5.73. The van der Waals surface area contributed by atoms with E-state index in [4.69, 9.17) is 23.2 Å². The van der Waals surface area contributed by atoms with Gasteiger partial charge < -0.3 is 10.2 Å². The van der Waals surface area contributed by atoms with Gasteiger partial charge in [0.1, 0.15) is 12.6 Å². The Morgan fingerprint density at radius 2 is 1.55 bits per heavy atom. The standard InChI is InChI=1S/C28H31Cl2N3O4S/c1-4-26(28(35)31-5-2)32(18-21-8-6-7-9-25(21)30)27(34)19-33(23-14-10-20(3)11-15-23)38(36,37)24-16-12-22(29)13-17-24/h6-17,26H,4-5,18-19H2,1-3H3,(H,31,35). The molecule has 0 aromatic heterocycles. The topological polar surface area (TPSA) is 86.8 Å². The monoisotopic (exact) mass is 575 g/mol. The summed E-state index contributed by atoms with van der Waals surface area (Å²) >= 11 is 12.4. The number of carbonyl (C=O) groups is 2. The SMILES string of the molecule is CCNC(=O)C(CC)N(Cc1ccccc1Cl)C(=O)CN(c1ccc(C)cc1)S(=O)(=O)c1ccc(Cl)cc1. The van der Waals surface area contributed by atoms with Crippen LogP contribution < -0.4 is 9.62 Å². The molecule has 0 aliphatic carbocycles. The van der Waals surface area contributed by atoms with Crippen molar-refractivity contribution >= 4 is 50.7 Å². The van der Waals surface area contributed by atoms with E-state index < -0.39 is 28.5 Å². The Bertz CT molecular complexity index is 1360. The average Bonchev–Trinajstić information content (AvgIpc) is 2.89. The molecule has 1 unspecified atom stereocenters. The molecule has 2 amide bonds. The molecule has 7 nitrogen and oxygen atoms in total. The number of nitrogens with one attached hydrogen (secondary N) is 1. The number of rotatable bonds is 11. The van der Waals surface area contributed by atoms with Crippen LogP contribution in [-0.4, -0.2) is 44.3 Å². The summed E-state index contributed by atoms with van der Waals surface area (Å²) in [7, 11) is -4.16. The number of hydrogen-bond donors (Lipinski definition) is 1. The van der Waals surface area contributed by atoms with E-state index in [1.54, 1.807) is 62.4 Å². The van der Waals surface area contributed by atoms with Gasteiger partial charge in [-0.15, -0.1) is 0 Å². The molecule has 10 heteroatoms. The summed E-state index contributed by atoms with van der Waals surface area (Å²) in [4.78, 5) is 28.3. The van der Waals surface area contributed by atoms with Crippen molar-refractivity contribution in [2.24, 2.45) is 0 Å². The molecule has 0 aliphatic heterocycles. The normalized spacial score (nSPS) is 12.0. The molecule has 0 heterocycles. The first-order valence-corrected chi connectivity index (χ1v) is 14.4. The Balaban J connectivity index is 2.06. The summed E-state index contributed by atoms with van der Waals surface area (Å²) in [6.07, 6.45) is 0.330. The maximum Gasteiger partial charge on any atom is 0.264 e. The van der Waals surface area contributed by atoms with Gasteiger partial charge in [0.05, 0.1) is 10.6 Å². The molecule has 0 spiro atoms. The molecule has 1 atom stereocenters. The predicted octanol–water partition coefficient (Wildman–Crippen LogP) is 5.44. The van der Waals surface area contributed by atoms with Gasteiger partial charge in [0.25, 0.3) is 10.0 Å². The molecule has 3 aromatic rings. The van der Waals surface area contributed by atoms with E-state index in [0.29, 0.717) is 34.3 Å². The number of sulfonamides is 1. The number of carbonyl (C=O) groups excluding carboxylic acids is 2. The maximum atomic E-state index is 13.9. The van der Waals surface area contributed by atoms with Gasteiger partial charge >= 0.3 is 0 Å². The van der Waals surface area contributed by atoms with Crippen LogP contribution in [-0.2, 0) is 26.2 Å². The summed E-state index contributed by atoms with van der Waals surface area (Å²) < 4.78 is 28.6. The van der Waals surface area contributed by atoms with Gasteiger partial charge in [-0.3, -0.25) is 13.9 Å². The number of likely N-dealkylation sites (N-methyl/N-ethyl adjacent to an activating group) is 1. The summed E-state index contributed by atoms with van der Waals surface area (Å²) in [5.74, 6) is -0.862. The van der Waals surface area contributed by atoms with Crippen LogP contribution in [0.5, 0.6) is 0 Å². The molecule has 0 saturated carbocycles. The molecular formula is C28H31Cl2N3O4S. The molecule has 1 N–H and O–H groups in total. The Morgan fingerprint density at radius 3 is 2.13 bits per heavy atom. The predicted molar refractivity (Wildman–Crippen MR) is 152 cm³/mol. The van der Waals surface area contributed by atoms with Gasteiger partial charge in [0, 0.05) is 23.1 Å². The third-order valence-electron chi connectivity index (χ3n) is 6.04. The third kappa shape index (κ3) is 7.07. The van der Waals surface area contributed by atoms with E-state index in [1.165, 1.54) is 29.2 Å². The van der Waals surface area contributed by atoms with E-state index in [-0.39, 0.29) is 17.3 Å². The van der Waals surface area contributed by atoms with Crippen LogP contribution in [0.2, 0.25) is 10.0 Å². The number of amides is 2. The number of anilines is 1. The molecular weight excluding hydrogens is 545 g/mol. The van der Waals surface area contributed by atoms with Crippen LogP contribution >= 0.6 is 23.2 Å². The Morgan fingerprint density at radius 1 is 0.921 bits per heavy atom. The minimum atomic E-state index is -4.16. The van der Waals surface area contributed by atoms with Crippen LogP contribution in [0.4, 0.5) is 5.69 Å². The highest BCUT2D eigenvalue weighted by Crippen LogP contribution is 2.27. The van der Waals surface area contributed by atoms with Crippen molar-refractivity contribution in [3.8, 4) is 0 Å². The lowest BCUT2D eigenvalue weighted by Crippen LogP contribution is -2.52. The number of halogens is 2. The Hall–Kier alpha value is -3.07. The van der Waals surface area contributed by atoms with Crippen molar-refractivity contribution in [3.05, 3.63) is 94.0 Å². The van der Waals surface area contributed by atoms with E-state index in [0.717, 1.165) is 9.87 Å². The number of hydrogen-bond acceptors (Lipinski definition) is 4. The molecule has 3 rings (SSSR count). The molecule has 0 saturated heterocycles. The molecule has 3 aromatic carbocycles. The van der Waals surface area contributed by atoms with Crippen molar-refractivity contribution in [2.75, 3.05) is 17.4 Å². The van der Waals surface area contributed by atoms with Gasteiger partial charge in [-0.1, -0.05) is 66.0 Å². The van der Waals surface area contributed by atoms with Gasteiger partial charge in [-0.05, 0) is 68.3 Å². The fourth-order valence-electron chi connectivity index (χ4n) is 4.00. The van der Waals surface area contributed by atoms with Crippen LogP contribution in [0.25, 0.3) is 0 Å². The highest BCUT2D eigenvalue weighted by Gasteiger charge is 2.33. The fraction of sp³-hybridized carbons (Fsp3) is 0.286. The summed E-state index contributed by atoms with van der Waals surface area (Å²) in [6.45, 7) is 5.39. The van der Waals surface area contributed by atoms with Crippen molar-refractivity contribution in [2.45, 2.75) is 44.7 Å². The Kier molecular flexibility index (Phi) is 10.2. The van der Waals surface area contributed by atoms with Crippen LogP contribution in [0.15, 0.2) is 77.7 Å². The van der Waals surface area contributed by atoms with Gasteiger partial charge in [-0.2, -0.15) is 0 Å². The second kappa shape index (κ2) is 13.1. The van der Waals surface area contributed by atoms with Crippen molar-refractivity contribution in [1.82, 2.24) is 10.2 Å². The van der Waals surface area contributed by atoms with E-state index in [2.05, 4.69) is 5.32 Å². The van der Waals surface area contributed by atoms with E-state index in [1.807, 2.05) is 6.92 Å². The summed E-state index contributed by atoms with van der Waals surface area (Å²) in [5, 5.41) is 3.61. The van der Waals surface area contributed by atoms with Crippen molar-refractivity contribution < 1.29 is 18.0 Å². The van der Waals surface area contributed by atoms with Crippen LogP contribution in [0, 0.1) is 6.92 Å². The quantitative estimate of drug-likeness (QED) is 0.330. The highest BCUT2D eigenvalue weighted by molar-refractivity contribution is 7.92. The molecule has 0 bridgehead atoms. The van der Waals surface area contributed by atoms with Crippen LogP contribution in [0.3, 0.4) is 0 Å². The lowest BCUT2D eigenvalue weighted by atomic mass is 10.1. The van der Waals surface area contributed by atoms with E-state index in [9.17, 15) is 18.0 Å². The molecule has 0 radical (unpaired) electrons. The van der Waals surface area contributed by atoms with Gasteiger partial charge in [0.2, 0.25) is 11.8 Å². The molecule has 0 fully saturated rings. The number of benzene rings is 3. The van der Waals surface area contributed by atoms with Crippen molar-refractivity contribution in [1.29, 1.82) is 0 Å². The van der Waals surface area contributed by atoms with Gasteiger partial charge in [-0.25, -0.2) is 8.42 Å². The highest BCUT2D eigenvalue weighted by atomic mass is 35.5. The summed E-state index contributed by atoms with van der Waals surface area (Å²) in [5.41, 5.74) is 1.90. The summed E-state index contributed by atoms with van der Waals surface area (Å²) in [6, 6.07) is 18.8. The lowest BCUT2D eigenvalue weighted by Gasteiger charge is -2.33. The average molecular weight is 577 g/mol. The first-order chi connectivity index (χ1) is 18.1. The first kappa shape index (κ1) is 29.5. The number of aryl methyl sites for hydroxylation is 1. The maximum absolute atomic E-state index is 13.9. The molecule has 38 heavy (non-hydrogen) atoms. The third-order valence-corrected chi connectivity index (χ3v) is 8.45. The van der Waals surface area contributed by atoms with E-state index >= 15 is 0 Å². The van der Waals surface area contributed by atoms with Gasteiger partial charge in [0.15, 0.2) is 0 Å². The Labute approximate surface area is 234 Å². The lowest BCUT2D eigenvalue weighted by molar-refractivity contribution is -0.140. The zero-order chi connectivity index (χ0) is 27.9. The second-order valence-corrected chi connectivity index (χ2v) is 11.4. The van der Waals surface area contributed by atoms with Crippen molar-refractivity contribution in [3.63, 3.8) is 0 Å². The van der Waals surface area contributed by atoms with Crippen LogP contribution in [0.1, 0.15) is 31.4 Å². The second-order valence-electron chi connectivity index (χ2n) is 8.73. The zero-order valence-electron chi connectivity index (χ0n) is 21.5. The molecule has 0 aliphatic rings. The zero-order valence-corrected chi connectivity index (χ0v) is 23.9. The first-order valence-electron chi connectivity index (χ1n) is 12.2. The minimum absolute atomic E-state index is 0.0105. The largest absolute Gasteiger partial charge is 0.355 e.